The number of piperidine rings is 1. The van der Waals surface area contributed by atoms with E-state index in [-0.39, 0.29) is 11.7 Å². The Hall–Kier alpha value is -1.14. The number of likely N-dealkylation sites (tertiary alicyclic amines) is 1. The molecular formula is C15H21BrFN3O. The molecule has 1 aromatic carbocycles. The average molecular weight is 358 g/mol. The molecule has 6 heteroatoms. The molecule has 2 amide bonds. The van der Waals surface area contributed by atoms with E-state index in [4.69, 9.17) is 0 Å². The van der Waals surface area contributed by atoms with Gasteiger partial charge in [0.25, 0.3) is 0 Å². The third kappa shape index (κ3) is 5.63. The van der Waals surface area contributed by atoms with Crippen molar-refractivity contribution in [3.63, 3.8) is 0 Å². The fraction of sp³-hybridized carbons (Fsp3) is 0.533. The van der Waals surface area contributed by atoms with Gasteiger partial charge in [-0.2, -0.15) is 0 Å². The van der Waals surface area contributed by atoms with Gasteiger partial charge in [-0.15, -0.1) is 0 Å². The molecule has 4 nitrogen and oxygen atoms in total. The zero-order valence-electron chi connectivity index (χ0n) is 12.0. The quantitative estimate of drug-likeness (QED) is 0.791. The fourth-order valence-corrected chi connectivity index (χ4v) is 2.78. The summed E-state index contributed by atoms with van der Waals surface area (Å²) < 4.78 is 14.2. The first-order chi connectivity index (χ1) is 10.1. The molecule has 1 aromatic rings. The number of hydrogen-bond donors (Lipinski definition) is 2. The lowest BCUT2D eigenvalue weighted by Crippen LogP contribution is -2.34. The second-order valence-corrected chi connectivity index (χ2v) is 6.18. The van der Waals surface area contributed by atoms with Crippen LogP contribution in [0, 0.1) is 5.82 Å². The molecule has 0 saturated carbocycles. The molecule has 0 spiro atoms. The van der Waals surface area contributed by atoms with Gasteiger partial charge in [0.05, 0.1) is 5.69 Å². The summed E-state index contributed by atoms with van der Waals surface area (Å²) in [6, 6.07) is 4.18. The van der Waals surface area contributed by atoms with Crippen LogP contribution >= 0.6 is 15.9 Å². The number of urea groups is 1. The Morgan fingerprint density at radius 1 is 1.29 bits per heavy atom. The Kier molecular flexibility index (Phi) is 6.45. The molecule has 2 rings (SSSR count). The van der Waals surface area contributed by atoms with Crippen LogP contribution in [-0.2, 0) is 0 Å². The number of halogens is 2. The van der Waals surface area contributed by atoms with E-state index in [1.54, 1.807) is 6.07 Å². The first-order valence-electron chi connectivity index (χ1n) is 7.37. The molecule has 1 heterocycles. The maximum atomic E-state index is 13.6. The van der Waals surface area contributed by atoms with Crippen molar-refractivity contribution in [2.24, 2.45) is 0 Å². The smallest absolute Gasteiger partial charge is 0.319 e. The number of benzene rings is 1. The highest BCUT2D eigenvalue weighted by atomic mass is 79.9. The highest BCUT2D eigenvalue weighted by Crippen LogP contribution is 2.19. The first-order valence-corrected chi connectivity index (χ1v) is 8.17. The maximum Gasteiger partial charge on any atom is 0.319 e. The summed E-state index contributed by atoms with van der Waals surface area (Å²) in [6.07, 6.45) is 4.79. The topological polar surface area (TPSA) is 44.4 Å². The molecule has 0 aliphatic carbocycles. The predicted octanol–water partition coefficient (Wildman–Crippen LogP) is 3.59. The molecule has 1 aliphatic heterocycles. The van der Waals surface area contributed by atoms with Gasteiger partial charge in [-0.25, -0.2) is 9.18 Å². The molecule has 0 unspecified atom stereocenters. The van der Waals surface area contributed by atoms with Crippen molar-refractivity contribution in [1.82, 2.24) is 10.2 Å². The lowest BCUT2D eigenvalue weighted by Gasteiger charge is -2.26. The van der Waals surface area contributed by atoms with Crippen LogP contribution < -0.4 is 10.6 Å². The molecule has 0 aromatic heterocycles. The summed E-state index contributed by atoms with van der Waals surface area (Å²) in [5.41, 5.74) is 0.187. The number of carbonyl (C=O) groups excluding carboxylic acids is 1. The first kappa shape index (κ1) is 16.2. The van der Waals surface area contributed by atoms with E-state index in [0.29, 0.717) is 11.0 Å². The molecule has 1 fully saturated rings. The van der Waals surface area contributed by atoms with Gasteiger partial charge in [-0.1, -0.05) is 22.4 Å². The van der Waals surface area contributed by atoms with Gasteiger partial charge in [0.1, 0.15) is 5.82 Å². The molecule has 0 atom stereocenters. The van der Waals surface area contributed by atoms with Gasteiger partial charge >= 0.3 is 6.03 Å². The Bertz CT molecular complexity index is 478. The fourth-order valence-electron chi connectivity index (χ4n) is 2.44. The minimum Gasteiger partial charge on any atom is -0.338 e. The van der Waals surface area contributed by atoms with Crippen molar-refractivity contribution in [2.75, 3.05) is 31.5 Å². The molecule has 116 valence electrons. The average Bonchev–Trinajstić information content (AvgIpc) is 2.48. The van der Waals surface area contributed by atoms with Crippen molar-refractivity contribution in [3.05, 3.63) is 28.5 Å². The van der Waals surface area contributed by atoms with Crippen LogP contribution in [0.5, 0.6) is 0 Å². The van der Waals surface area contributed by atoms with Crippen molar-refractivity contribution < 1.29 is 9.18 Å². The Balaban J connectivity index is 1.65. The SMILES string of the molecule is O=C(NCCCN1CCCCC1)Nc1ccc(Br)cc1F. The second kappa shape index (κ2) is 8.34. The highest BCUT2D eigenvalue weighted by molar-refractivity contribution is 9.10. The van der Waals surface area contributed by atoms with Crippen molar-refractivity contribution in [1.29, 1.82) is 0 Å². The van der Waals surface area contributed by atoms with Crippen LogP contribution in [-0.4, -0.2) is 37.1 Å². The van der Waals surface area contributed by atoms with E-state index in [9.17, 15) is 9.18 Å². The number of anilines is 1. The lowest BCUT2D eigenvalue weighted by molar-refractivity contribution is 0.224. The van der Waals surface area contributed by atoms with Crippen LogP contribution in [0.15, 0.2) is 22.7 Å². The number of amides is 2. The number of carbonyl (C=O) groups is 1. The summed E-state index contributed by atoms with van der Waals surface area (Å²) in [6.45, 7) is 3.93. The standard InChI is InChI=1S/C15H21BrFN3O/c16-12-5-6-14(13(17)11-12)19-15(21)18-7-4-10-20-8-2-1-3-9-20/h5-6,11H,1-4,7-10H2,(H2,18,19,21). The van der Waals surface area contributed by atoms with E-state index in [1.807, 2.05) is 0 Å². The summed E-state index contributed by atoms with van der Waals surface area (Å²) in [5.74, 6) is -0.451. The maximum absolute atomic E-state index is 13.6. The van der Waals surface area contributed by atoms with Crippen molar-refractivity contribution in [2.45, 2.75) is 25.7 Å². The molecular weight excluding hydrogens is 337 g/mol. The Labute approximate surface area is 133 Å². The molecule has 1 aliphatic rings. The Morgan fingerprint density at radius 3 is 2.76 bits per heavy atom. The number of nitrogens with one attached hydrogen (secondary N) is 2. The lowest BCUT2D eigenvalue weighted by atomic mass is 10.1. The number of nitrogens with zero attached hydrogens (tertiary/aromatic N) is 1. The molecule has 1 saturated heterocycles. The van der Waals surface area contributed by atoms with Crippen LogP contribution in [0.2, 0.25) is 0 Å². The van der Waals surface area contributed by atoms with Gasteiger partial charge in [-0.3, -0.25) is 0 Å². The van der Waals surface area contributed by atoms with E-state index < -0.39 is 5.82 Å². The van der Waals surface area contributed by atoms with E-state index in [2.05, 4.69) is 31.5 Å². The summed E-state index contributed by atoms with van der Waals surface area (Å²) in [5, 5.41) is 5.27. The van der Waals surface area contributed by atoms with Gasteiger partial charge < -0.3 is 15.5 Å². The van der Waals surface area contributed by atoms with Gasteiger partial charge in [0.2, 0.25) is 0 Å². The van der Waals surface area contributed by atoms with E-state index >= 15 is 0 Å². The normalized spacial score (nSPS) is 15.7. The third-order valence-corrected chi connectivity index (χ3v) is 4.06. The second-order valence-electron chi connectivity index (χ2n) is 5.26. The monoisotopic (exact) mass is 357 g/mol. The zero-order chi connectivity index (χ0) is 15.1. The minimum absolute atomic E-state index is 0.187. The van der Waals surface area contributed by atoms with Gasteiger partial charge in [-0.05, 0) is 57.1 Å². The van der Waals surface area contributed by atoms with Gasteiger partial charge in [0, 0.05) is 11.0 Å². The Morgan fingerprint density at radius 2 is 2.05 bits per heavy atom. The third-order valence-electron chi connectivity index (χ3n) is 3.56. The van der Waals surface area contributed by atoms with Crippen molar-refractivity contribution >= 4 is 27.6 Å². The molecule has 0 radical (unpaired) electrons. The van der Waals surface area contributed by atoms with Crippen LogP contribution in [0.25, 0.3) is 0 Å². The van der Waals surface area contributed by atoms with Crippen LogP contribution in [0.4, 0.5) is 14.9 Å². The largest absolute Gasteiger partial charge is 0.338 e. The molecule has 2 N–H and O–H groups in total. The highest BCUT2D eigenvalue weighted by Gasteiger charge is 2.10. The summed E-state index contributed by atoms with van der Waals surface area (Å²) in [7, 11) is 0. The van der Waals surface area contributed by atoms with Gasteiger partial charge in [0.15, 0.2) is 0 Å². The van der Waals surface area contributed by atoms with Crippen molar-refractivity contribution in [3.8, 4) is 0 Å². The number of hydrogen-bond acceptors (Lipinski definition) is 2. The predicted molar refractivity (Wildman–Crippen MR) is 86.0 cm³/mol. The molecule has 21 heavy (non-hydrogen) atoms. The summed E-state index contributed by atoms with van der Waals surface area (Å²) in [4.78, 5) is 14.1. The zero-order valence-corrected chi connectivity index (χ0v) is 13.6. The number of rotatable bonds is 5. The van der Waals surface area contributed by atoms with E-state index in [1.165, 1.54) is 31.4 Å². The minimum atomic E-state index is -0.451. The summed E-state index contributed by atoms with van der Waals surface area (Å²) >= 11 is 3.18. The molecule has 0 bridgehead atoms. The van der Waals surface area contributed by atoms with E-state index in [0.717, 1.165) is 26.1 Å². The van der Waals surface area contributed by atoms with Crippen LogP contribution in [0.1, 0.15) is 25.7 Å². The van der Waals surface area contributed by atoms with Crippen LogP contribution in [0.3, 0.4) is 0 Å².